The van der Waals surface area contributed by atoms with E-state index in [4.69, 9.17) is 60.6 Å². The van der Waals surface area contributed by atoms with E-state index in [9.17, 15) is 9.59 Å². The number of carbonyl (C=O) groups excluding carboxylic acids is 2. The van der Waals surface area contributed by atoms with E-state index in [0.29, 0.717) is 0 Å². The van der Waals surface area contributed by atoms with Crippen molar-refractivity contribution >= 4 is 64.0 Å². The molecular formula is C16H12Cl4N2O5. The number of nitrogens with one attached hydrogen (secondary N) is 1. The Bertz CT molecular complexity index is 920. The molecule has 0 unspecified atom stereocenters. The Hall–Kier alpha value is -1.93. The molecular weight excluding hydrogens is 442 g/mol. The van der Waals surface area contributed by atoms with Gasteiger partial charge in [0, 0.05) is 12.1 Å². The van der Waals surface area contributed by atoms with Crippen molar-refractivity contribution in [1.82, 2.24) is 4.98 Å². The van der Waals surface area contributed by atoms with Crippen molar-refractivity contribution in [3.8, 4) is 11.5 Å². The topological polar surface area (TPSA) is 86.8 Å². The monoisotopic (exact) mass is 452 g/mol. The van der Waals surface area contributed by atoms with Crippen LogP contribution in [0.25, 0.3) is 0 Å². The Morgan fingerprint density at radius 1 is 0.926 bits per heavy atom. The number of hydrogen-bond acceptors (Lipinski definition) is 6. The summed E-state index contributed by atoms with van der Waals surface area (Å²) >= 11 is 23.7. The zero-order chi connectivity index (χ0) is 20.3. The SMILES string of the molecule is COC(=O)c1cc(OC)c(OC)cc1NC(=O)c1nc(Cl)c(Cl)c(Cl)c1Cl. The molecule has 27 heavy (non-hydrogen) atoms. The first kappa shape index (κ1) is 21.4. The van der Waals surface area contributed by atoms with Gasteiger partial charge in [0.25, 0.3) is 5.91 Å². The molecule has 0 radical (unpaired) electrons. The van der Waals surface area contributed by atoms with Crippen LogP contribution in [0.2, 0.25) is 20.2 Å². The first-order chi connectivity index (χ1) is 12.7. The van der Waals surface area contributed by atoms with Crippen molar-refractivity contribution in [2.45, 2.75) is 0 Å². The summed E-state index contributed by atoms with van der Waals surface area (Å²) in [6.07, 6.45) is 0. The number of carbonyl (C=O) groups is 2. The standard InChI is InChI=1S/C16H12Cl4N2O5/c1-25-8-4-6(16(24)27-3)7(5-9(8)26-2)21-15(23)13-11(18)10(17)12(19)14(20)22-13/h4-5H,1-3H3,(H,21,23). The van der Waals surface area contributed by atoms with Gasteiger partial charge in [-0.1, -0.05) is 46.4 Å². The average Bonchev–Trinajstić information content (AvgIpc) is 2.67. The molecule has 0 aliphatic carbocycles. The lowest BCUT2D eigenvalue weighted by Crippen LogP contribution is -2.18. The number of ether oxygens (including phenoxy) is 3. The van der Waals surface area contributed by atoms with Crippen molar-refractivity contribution in [3.05, 3.63) is 43.6 Å². The van der Waals surface area contributed by atoms with Crippen molar-refractivity contribution in [2.75, 3.05) is 26.6 Å². The number of esters is 1. The van der Waals surface area contributed by atoms with Crippen LogP contribution in [0.15, 0.2) is 12.1 Å². The number of rotatable bonds is 5. The van der Waals surface area contributed by atoms with Gasteiger partial charge in [-0.2, -0.15) is 0 Å². The minimum absolute atomic E-state index is 0.0192. The maximum absolute atomic E-state index is 12.6. The number of hydrogen-bond donors (Lipinski definition) is 1. The summed E-state index contributed by atoms with van der Waals surface area (Å²) in [4.78, 5) is 28.5. The van der Waals surface area contributed by atoms with Gasteiger partial charge in [0.2, 0.25) is 0 Å². The van der Waals surface area contributed by atoms with Crippen LogP contribution in [0.1, 0.15) is 20.8 Å². The van der Waals surface area contributed by atoms with E-state index < -0.39 is 11.9 Å². The predicted octanol–water partition coefficient (Wildman–Crippen LogP) is 4.75. The molecule has 11 heteroatoms. The third-order valence-corrected chi connectivity index (χ3v) is 5.05. The largest absolute Gasteiger partial charge is 0.493 e. The second-order valence-corrected chi connectivity index (χ2v) is 6.38. The molecule has 0 saturated heterocycles. The lowest BCUT2D eigenvalue weighted by molar-refractivity contribution is 0.0601. The van der Waals surface area contributed by atoms with Crippen molar-refractivity contribution in [1.29, 1.82) is 0 Å². The molecule has 0 atom stereocenters. The molecule has 0 aliphatic heterocycles. The van der Waals surface area contributed by atoms with Crippen LogP contribution in [-0.4, -0.2) is 38.2 Å². The van der Waals surface area contributed by atoms with Crippen molar-refractivity contribution in [3.63, 3.8) is 0 Å². The Labute approximate surface area is 174 Å². The molecule has 1 aromatic carbocycles. The number of pyridine rings is 1. The van der Waals surface area contributed by atoms with Crippen LogP contribution in [0.5, 0.6) is 11.5 Å². The third kappa shape index (κ3) is 4.32. The van der Waals surface area contributed by atoms with Gasteiger partial charge in [-0.15, -0.1) is 0 Å². The van der Waals surface area contributed by atoms with Gasteiger partial charge < -0.3 is 19.5 Å². The van der Waals surface area contributed by atoms with Crippen LogP contribution in [0.4, 0.5) is 5.69 Å². The smallest absolute Gasteiger partial charge is 0.340 e. The van der Waals surface area contributed by atoms with Crippen LogP contribution in [-0.2, 0) is 4.74 Å². The van der Waals surface area contributed by atoms with Gasteiger partial charge in [-0.25, -0.2) is 9.78 Å². The highest BCUT2D eigenvalue weighted by Crippen LogP contribution is 2.37. The lowest BCUT2D eigenvalue weighted by atomic mass is 10.1. The van der Waals surface area contributed by atoms with E-state index in [-0.39, 0.29) is 48.7 Å². The Kier molecular flexibility index (Phi) is 7.00. The summed E-state index contributed by atoms with van der Waals surface area (Å²) in [6.45, 7) is 0. The summed E-state index contributed by atoms with van der Waals surface area (Å²) in [6, 6.07) is 2.74. The molecule has 0 spiro atoms. The predicted molar refractivity (Wildman–Crippen MR) is 103 cm³/mol. The maximum atomic E-state index is 12.6. The first-order valence-electron chi connectivity index (χ1n) is 7.10. The Morgan fingerprint density at radius 3 is 2.07 bits per heavy atom. The molecule has 0 bridgehead atoms. The average molecular weight is 454 g/mol. The molecule has 7 nitrogen and oxygen atoms in total. The lowest BCUT2D eigenvalue weighted by Gasteiger charge is -2.15. The van der Waals surface area contributed by atoms with Gasteiger partial charge in [-0.05, 0) is 0 Å². The minimum Gasteiger partial charge on any atom is -0.493 e. The van der Waals surface area contributed by atoms with E-state index in [1.807, 2.05) is 0 Å². The van der Waals surface area contributed by atoms with Crippen LogP contribution in [0.3, 0.4) is 0 Å². The van der Waals surface area contributed by atoms with E-state index in [0.717, 1.165) is 0 Å². The number of nitrogens with zero attached hydrogens (tertiary/aromatic N) is 1. The highest BCUT2D eigenvalue weighted by atomic mass is 35.5. The zero-order valence-electron chi connectivity index (χ0n) is 14.2. The molecule has 1 aromatic heterocycles. The molecule has 0 saturated carbocycles. The molecule has 2 aromatic rings. The second kappa shape index (κ2) is 8.84. The highest BCUT2D eigenvalue weighted by Gasteiger charge is 2.24. The van der Waals surface area contributed by atoms with Gasteiger partial charge in [0.15, 0.2) is 11.5 Å². The molecule has 1 amide bonds. The van der Waals surface area contributed by atoms with Gasteiger partial charge in [-0.3, -0.25) is 4.79 Å². The van der Waals surface area contributed by atoms with Crippen LogP contribution >= 0.6 is 46.4 Å². The Morgan fingerprint density at radius 2 is 1.52 bits per heavy atom. The summed E-state index contributed by atoms with van der Waals surface area (Å²) in [5, 5.41) is 1.91. The van der Waals surface area contributed by atoms with Gasteiger partial charge >= 0.3 is 5.97 Å². The second-order valence-electron chi connectivity index (χ2n) is 4.89. The van der Waals surface area contributed by atoms with Crippen molar-refractivity contribution < 1.29 is 23.8 Å². The van der Waals surface area contributed by atoms with Gasteiger partial charge in [0.1, 0.15) is 10.8 Å². The molecule has 1 heterocycles. The maximum Gasteiger partial charge on any atom is 0.340 e. The number of aromatic nitrogens is 1. The van der Waals surface area contributed by atoms with Crippen LogP contribution in [0, 0.1) is 0 Å². The van der Waals surface area contributed by atoms with E-state index in [1.54, 1.807) is 0 Å². The van der Waals surface area contributed by atoms with Crippen LogP contribution < -0.4 is 14.8 Å². The highest BCUT2D eigenvalue weighted by molar-refractivity contribution is 6.52. The van der Waals surface area contributed by atoms with Gasteiger partial charge in [0.05, 0.1) is 47.6 Å². The number of halogens is 4. The normalized spacial score (nSPS) is 10.3. The summed E-state index contributed by atoms with van der Waals surface area (Å²) < 4.78 is 15.1. The molecule has 0 fully saturated rings. The fourth-order valence-electron chi connectivity index (χ4n) is 2.08. The molecule has 144 valence electrons. The zero-order valence-corrected chi connectivity index (χ0v) is 17.2. The van der Waals surface area contributed by atoms with E-state index >= 15 is 0 Å². The van der Waals surface area contributed by atoms with E-state index in [2.05, 4.69) is 10.3 Å². The fourth-order valence-corrected chi connectivity index (χ4v) is 2.89. The molecule has 0 aliphatic rings. The number of methoxy groups -OCH3 is 3. The summed E-state index contributed by atoms with van der Waals surface area (Å²) in [7, 11) is 4.00. The number of benzene rings is 1. The molecule has 1 N–H and O–H groups in total. The number of amides is 1. The van der Waals surface area contributed by atoms with Crippen molar-refractivity contribution in [2.24, 2.45) is 0 Å². The summed E-state index contributed by atoms with van der Waals surface area (Å²) in [5.74, 6) is -0.952. The fraction of sp³-hybridized carbons (Fsp3) is 0.188. The minimum atomic E-state index is -0.780. The quantitative estimate of drug-likeness (QED) is 0.519. The number of anilines is 1. The molecule has 2 rings (SSSR count). The van der Waals surface area contributed by atoms with E-state index in [1.165, 1.54) is 33.5 Å². The first-order valence-corrected chi connectivity index (χ1v) is 8.62. The Balaban J connectivity index is 2.53. The summed E-state index contributed by atoms with van der Waals surface area (Å²) in [5.41, 5.74) is -0.183. The third-order valence-electron chi connectivity index (χ3n) is 3.38.